The topological polar surface area (TPSA) is 53.5 Å². The van der Waals surface area contributed by atoms with Gasteiger partial charge in [0.1, 0.15) is 0 Å². The molecule has 0 atom stereocenters. The highest BCUT2D eigenvalue weighted by molar-refractivity contribution is 7.89. The first-order valence-corrected chi connectivity index (χ1v) is 16.1. The van der Waals surface area contributed by atoms with E-state index in [-0.39, 0.29) is 11.8 Å². The average molecular weight is 554 g/mol. The zero-order valence-corrected chi connectivity index (χ0v) is 25.8. The lowest BCUT2D eigenvalue weighted by molar-refractivity contribution is 0.383. The molecule has 1 aliphatic heterocycles. The van der Waals surface area contributed by atoms with E-state index >= 15 is 0 Å². The van der Waals surface area contributed by atoms with Gasteiger partial charge in [-0.1, -0.05) is 77.4 Å². The molecule has 7 heteroatoms. The highest BCUT2D eigenvalue weighted by Crippen LogP contribution is 2.37. The molecule has 0 aliphatic carbocycles. The summed E-state index contributed by atoms with van der Waals surface area (Å²) in [5, 5.41) is 3.12. The summed E-state index contributed by atoms with van der Waals surface area (Å²) in [6, 6.07) is 10.8. The Balaban J connectivity index is 1.54. The molecule has 0 spiro atoms. The number of hydrogen-bond acceptors (Lipinski definition) is 5. The summed E-state index contributed by atoms with van der Waals surface area (Å²) < 4.78 is 29.9. The van der Waals surface area contributed by atoms with Gasteiger partial charge < -0.3 is 4.90 Å². The molecule has 4 rings (SSSR count). The molecular formula is C31H43N3O2S2. The maximum absolute atomic E-state index is 14.1. The smallest absolute Gasteiger partial charge is 0.243 e. The third kappa shape index (κ3) is 6.00. The maximum Gasteiger partial charge on any atom is 0.243 e. The van der Waals surface area contributed by atoms with Gasteiger partial charge in [0.15, 0.2) is 5.13 Å². The van der Waals surface area contributed by atoms with E-state index < -0.39 is 10.0 Å². The molecule has 2 heterocycles. The van der Waals surface area contributed by atoms with Crippen molar-refractivity contribution < 1.29 is 8.42 Å². The minimum absolute atomic E-state index is 0.128. The van der Waals surface area contributed by atoms with Crippen LogP contribution in [0.5, 0.6) is 0 Å². The van der Waals surface area contributed by atoms with Crippen molar-refractivity contribution in [2.75, 3.05) is 31.1 Å². The molecule has 5 nitrogen and oxygen atoms in total. The van der Waals surface area contributed by atoms with Crippen LogP contribution in [-0.4, -0.2) is 43.9 Å². The summed E-state index contributed by atoms with van der Waals surface area (Å²) in [6.07, 6.45) is 0.820. The van der Waals surface area contributed by atoms with Crippen molar-refractivity contribution in [3.63, 3.8) is 0 Å². The van der Waals surface area contributed by atoms with Crippen LogP contribution in [0.1, 0.15) is 98.4 Å². The summed E-state index contributed by atoms with van der Waals surface area (Å²) in [5.74, 6) is 0.606. The molecular weight excluding hydrogens is 510 g/mol. The molecule has 0 saturated carbocycles. The minimum Gasteiger partial charge on any atom is -0.345 e. The highest BCUT2D eigenvalue weighted by Gasteiger charge is 2.34. The lowest BCUT2D eigenvalue weighted by Crippen LogP contribution is -2.49. The molecule has 0 bridgehead atoms. The van der Waals surface area contributed by atoms with E-state index in [4.69, 9.17) is 4.98 Å². The van der Waals surface area contributed by atoms with Crippen molar-refractivity contribution in [3.05, 3.63) is 74.8 Å². The molecule has 3 aromatic rings. The molecule has 0 unspecified atom stereocenters. The van der Waals surface area contributed by atoms with Crippen LogP contribution in [0.4, 0.5) is 5.13 Å². The van der Waals surface area contributed by atoms with Crippen LogP contribution in [0.2, 0.25) is 0 Å². The first-order chi connectivity index (χ1) is 17.9. The van der Waals surface area contributed by atoms with E-state index in [0.717, 1.165) is 28.4 Å². The first-order valence-electron chi connectivity index (χ1n) is 13.8. The van der Waals surface area contributed by atoms with Gasteiger partial charge in [0.2, 0.25) is 10.0 Å². The second-order valence-electron chi connectivity index (χ2n) is 11.6. The number of nitrogens with zero attached hydrogens (tertiary/aromatic N) is 3. The quantitative estimate of drug-likeness (QED) is 0.295. The van der Waals surface area contributed by atoms with Gasteiger partial charge in [0, 0.05) is 38.0 Å². The Labute approximate surface area is 234 Å². The van der Waals surface area contributed by atoms with Gasteiger partial charge in [-0.05, 0) is 59.4 Å². The molecule has 206 valence electrons. The zero-order chi connectivity index (χ0) is 27.8. The Kier molecular flexibility index (Phi) is 8.70. The number of benzene rings is 2. The van der Waals surface area contributed by atoms with Crippen molar-refractivity contribution in [1.29, 1.82) is 0 Å². The number of sulfonamides is 1. The summed E-state index contributed by atoms with van der Waals surface area (Å²) in [4.78, 5) is 7.69. The van der Waals surface area contributed by atoms with Crippen molar-refractivity contribution in [2.24, 2.45) is 0 Å². The van der Waals surface area contributed by atoms with Gasteiger partial charge in [-0.2, -0.15) is 4.31 Å². The van der Waals surface area contributed by atoms with Crippen LogP contribution in [-0.2, 0) is 16.4 Å². The predicted octanol–water partition coefficient (Wildman–Crippen LogP) is 7.23. The third-order valence-corrected chi connectivity index (χ3v) is 10.6. The normalized spacial score (nSPS) is 15.3. The van der Waals surface area contributed by atoms with Gasteiger partial charge in [0.05, 0.1) is 10.6 Å². The number of piperazine rings is 1. The van der Waals surface area contributed by atoms with Crippen LogP contribution >= 0.6 is 11.3 Å². The predicted molar refractivity (Wildman–Crippen MR) is 161 cm³/mol. The summed E-state index contributed by atoms with van der Waals surface area (Å²) in [6.45, 7) is 19.2. The summed E-state index contributed by atoms with van der Waals surface area (Å²) in [5.41, 5.74) is 8.02. The van der Waals surface area contributed by atoms with Gasteiger partial charge in [0.25, 0.3) is 0 Å². The highest BCUT2D eigenvalue weighted by atomic mass is 32.2. The van der Waals surface area contributed by atoms with Crippen LogP contribution in [0, 0.1) is 13.8 Å². The first kappa shape index (κ1) is 28.8. The van der Waals surface area contributed by atoms with Crippen LogP contribution in [0.25, 0.3) is 0 Å². The molecule has 0 radical (unpaired) electrons. The Morgan fingerprint density at radius 2 is 1.47 bits per heavy atom. The van der Waals surface area contributed by atoms with Crippen molar-refractivity contribution in [3.8, 4) is 0 Å². The fraction of sp³-hybridized carbons (Fsp3) is 0.516. The van der Waals surface area contributed by atoms with Gasteiger partial charge in [-0.3, -0.25) is 0 Å². The number of aryl methyl sites for hydroxylation is 2. The van der Waals surface area contributed by atoms with Gasteiger partial charge >= 0.3 is 0 Å². The zero-order valence-electron chi connectivity index (χ0n) is 24.2. The lowest BCUT2D eigenvalue weighted by Gasteiger charge is -2.35. The van der Waals surface area contributed by atoms with E-state index in [9.17, 15) is 8.42 Å². The number of thiazole rings is 1. The molecule has 2 aromatic carbocycles. The second kappa shape index (κ2) is 11.5. The van der Waals surface area contributed by atoms with E-state index in [0.29, 0.717) is 37.0 Å². The Hall–Kier alpha value is -2.22. The minimum atomic E-state index is -3.62. The van der Waals surface area contributed by atoms with E-state index in [2.05, 4.69) is 96.0 Å². The molecule has 0 amide bonds. The average Bonchev–Trinajstić information content (AvgIpc) is 3.33. The van der Waals surface area contributed by atoms with Crippen LogP contribution in [0.3, 0.4) is 0 Å². The van der Waals surface area contributed by atoms with Crippen molar-refractivity contribution in [2.45, 2.75) is 84.5 Å². The number of rotatable bonds is 8. The van der Waals surface area contributed by atoms with E-state index in [1.54, 1.807) is 15.6 Å². The fourth-order valence-corrected chi connectivity index (χ4v) is 8.11. The maximum atomic E-state index is 14.1. The Morgan fingerprint density at radius 1 is 0.868 bits per heavy atom. The molecule has 1 saturated heterocycles. The van der Waals surface area contributed by atoms with Crippen LogP contribution in [0.15, 0.2) is 40.6 Å². The fourth-order valence-electron chi connectivity index (χ4n) is 5.14. The summed E-state index contributed by atoms with van der Waals surface area (Å²) >= 11 is 1.65. The standard InChI is InChI=1S/C31H43N3O2S2/c1-20(2)25-17-28(21(3)4)30(29(18-25)22(5)6)38(35,36)34-13-11-33(12-14-34)31-32-27(19-37-31)16-26-15-23(7)9-10-24(26)8/h9-10,15,17-22H,11-14,16H2,1-8H3. The molecule has 1 fully saturated rings. The van der Waals surface area contributed by atoms with E-state index in [1.165, 1.54) is 22.3 Å². The van der Waals surface area contributed by atoms with Gasteiger partial charge in [-0.15, -0.1) is 11.3 Å². The number of aromatic nitrogens is 1. The third-order valence-electron chi connectivity index (χ3n) is 7.60. The second-order valence-corrected chi connectivity index (χ2v) is 14.3. The van der Waals surface area contributed by atoms with E-state index in [1.807, 2.05) is 0 Å². The Bertz CT molecular complexity index is 1350. The number of anilines is 1. The van der Waals surface area contributed by atoms with Crippen molar-refractivity contribution >= 4 is 26.5 Å². The SMILES string of the molecule is Cc1ccc(C)c(Cc2csc(N3CCN(S(=O)(=O)c4c(C(C)C)cc(C(C)C)cc4C(C)C)CC3)n2)c1. The summed E-state index contributed by atoms with van der Waals surface area (Å²) in [7, 11) is -3.62. The molecule has 0 N–H and O–H groups in total. The Morgan fingerprint density at radius 3 is 2.03 bits per heavy atom. The van der Waals surface area contributed by atoms with Crippen LogP contribution < -0.4 is 4.90 Å². The molecule has 38 heavy (non-hydrogen) atoms. The number of hydrogen-bond donors (Lipinski definition) is 0. The van der Waals surface area contributed by atoms with Gasteiger partial charge in [-0.25, -0.2) is 13.4 Å². The molecule has 1 aromatic heterocycles. The monoisotopic (exact) mass is 553 g/mol. The molecule has 1 aliphatic rings. The largest absolute Gasteiger partial charge is 0.345 e. The lowest BCUT2D eigenvalue weighted by atomic mass is 9.89. The van der Waals surface area contributed by atoms with Crippen molar-refractivity contribution in [1.82, 2.24) is 9.29 Å².